The first kappa shape index (κ1) is 19.6. The number of hydrogen-bond acceptors (Lipinski definition) is 4. The molecule has 7 nitrogen and oxygen atoms in total. The topological polar surface area (TPSA) is 94.5 Å². The number of carbonyl (C=O) groups is 2. The summed E-state index contributed by atoms with van der Waals surface area (Å²) in [6, 6.07) is 8.51. The Morgan fingerprint density at radius 3 is 2.62 bits per heavy atom. The standard InChI is InChI=1S/C19H26N4O3/c1-19(2,3)26-18(25)23-9-7-14(8-10-23)13-21-17(24)22-16-6-4-5-15(11-16)12-20/h4-6,11,14H,7-10,13H2,1-3H3,(H2,21,22,24). The molecule has 0 unspecified atom stereocenters. The van der Waals surface area contributed by atoms with Crippen LogP contribution in [-0.2, 0) is 4.74 Å². The lowest BCUT2D eigenvalue weighted by molar-refractivity contribution is 0.0185. The van der Waals surface area contributed by atoms with Crippen LogP contribution in [0.25, 0.3) is 0 Å². The van der Waals surface area contributed by atoms with Gasteiger partial charge in [-0.2, -0.15) is 5.26 Å². The summed E-state index contributed by atoms with van der Waals surface area (Å²) in [6.07, 6.45) is 1.37. The first-order valence-electron chi connectivity index (χ1n) is 8.80. The molecule has 1 aliphatic heterocycles. The molecule has 1 heterocycles. The monoisotopic (exact) mass is 358 g/mol. The van der Waals surface area contributed by atoms with Gasteiger partial charge in [-0.05, 0) is 57.7 Å². The van der Waals surface area contributed by atoms with Crippen molar-refractivity contribution in [2.45, 2.75) is 39.2 Å². The van der Waals surface area contributed by atoms with E-state index in [9.17, 15) is 9.59 Å². The van der Waals surface area contributed by atoms with Crippen LogP contribution >= 0.6 is 0 Å². The number of likely N-dealkylation sites (tertiary alicyclic amines) is 1. The average Bonchev–Trinajstić information content (AvgIpc) is 2.59. The second-order valence-electron chi connectivity index (χ2n) is 7.44. The van der Waals surface area contributed by atoms with Crippen molar-refractivity contribution < 1.29 is 14.3 Å². The maximum absolute atomic E-state index is 12.0. The van der Waals surface area contributed by atoms with Gasteiger partial charge in [-0.1, -0.05) is 6.07 Å². The van der Waals surface area contributed by atoms with E-state index in [1.807, 2.05) is 26.8 Å². The highest BCUT2D eigenvalue weighted by Crippen LogP contribution is 2.19. The highest BCUT2D eigenvalue weighted by atomic mass is 16.6. The molecule has 1 fully saturated rings. The lowest BCUT2D eigenvalue weighted by Crippen LogP contribution is -2.44. The Hall–Kier alpha value is -2.75. The number of anilines is 1. The fourth-order valence-corrected chi connectivity index (χ4v) is 2.72. The van der Waals surface area contributed by atoms with Crippen molar-refractivity contribution in [3.05, 3.63) is 29.8 Å². The SMILES string of the molecule is CC(C)(C)OC(=O)N1CCC(CNC(=O)Nc2cccc(C#N)c2)CC1. The molecule has 0 spiro atoms. The fourth-order valence-electron chi connectivity index (χ4n) is 2.72. The molecule has 7 heteroatoms. The van der Waals surface area contributed by atoms with E-state index in [0.29, 0.717) is 36.8 Å². The third-order valence-corrected chi connectivity index (χ3v) is 4.07. The number of hydrogen-bond donors (Lipinski definition) is 2. The minimum atomic E-state index is -0.490. The Balaban J connectivity index is 1.72. The van der Waals surface area contributed by atoms with Gasteiger partial charge in [0.15, 0.2) is 0 Å². The molecule has 1 aromatic rings. The molecule has 140 valence electrons. The third-order valence-electron chi connectivity index (χ3n) is 4.07. The summed E-state index contributed by atoms with van der Waals surface area (Å²) >= 11 is 0. The number of nitriles is 1. The molecule has 2 rings (SSSR count). The molecule has 0 atom stereocenters. The number of nitrogens with zero attached hydrogens (tertiary/aromatic N) is 2. The zero-order chi connectivity index (χ0) is 19.2. The molecule has 0 saturated carbocycles. The Kier molecular flexibility index (Phi) is 6.45. The molecule has 0 aromatic heterocycles. The number of rotatable bonds is 3. The van der Waals surface area contributed by atoms with Crippen molar-refractivity contribution >= 4 is 17.8 Å². The van der Waals surface area contributed by atoms with Gasteiger partial charge in [0.05, 0.1) is 11.6 Å². The van der Waals surface area contributed by atoms with Crippen LogP contribution in [0.4, 0.5) is 15.3 Å². The van der Waals surface area contributed by atoms with Gasteiger partial charge in [-0.25, -0.2) is 9.59 Å². The second-order valence-corrected chi connectivity index (χ2v) is 7.44. The molecule has 2 N–H and O–H groups in total. The van der Waals surface area contributed by atoms with Crippen LogP contribution in [0.3, 0.4) is 0 Å². The summed E-state index contributed by atoms with van der Waals surface area (Å²) in [5.74, 6) is 0.324. The number of nitrogens with one attached hydrogen (secondary N) is 2. The number of ether oxygens (including phenoxy) is 1. The molecular weight excluding hydrogens is 332 g/mol. The van der Waals surface area contributed by atoms with Crippen LogP contribution in [-0.4, -0.2) is 42.3 Å². The van der Waals surface area contributed by atoms with Gasteiger partial charge in [0.1, 0.15) is 5.60 Å². The number of urea groups is 1. The number of piperidine rings is 1. The van der Waals surface area contributed by atoms with Crippen LogP contribution in [0, 0.1) is 17.2 Å². The summed E-state index contributed by atoms with van der Waals surface area (Å²) in [7, 11) is 0. The maximum atomic E-state index is 12.0. The molecule has 26 heavy (non-hydrogen) atoms. The summed E-state index contributed by atoms with van der Waals surface area (Å²) in [5.41, 5.74) is 0.592. The molecular formula is C19H26N4O3. The minimum Gasteiger partial charge on any atom is -0.444 e. The highest BCUT2D eigenvalue weighted by molar-refractivity contribution is 5.89. The first-order chi connectivity index (χ1) is 12.3. The predicted molar refractivity (Wildman–Crippen MR) is 98.7 cm³/mol. The molecule has 0 bridgehead atoms. The zero-order valence-electron chi connectivity index (χ0n) is 15.5. The Morgan fingerprint density at radius 1 is 1.31 bits per heavy atom. The summed E-state index contributed by atoms with van der Waals surface area (Å²) in [4.78, 5) is 25.8. The van der Waals surface area contributed by atoms with E-state index in [1.54, 1.807) is 29.2 Å². The van der Waals surface area contributed by atoms with Crippen LogP contribution in [0.2, 0.25) is 0 Å². The first-order valence-corrected chi connectivity index (χ1v) is 8.80. The molecule has 1 aromatic carbocycles. The van der Waals surface area contributed by atoms with Crippen molar-refractivity contribution in [3.63, 3.8) is 0 Å². The number of benzene rings is 1. The molecule has 1 aliphatic rings. The lowest BCUT2D eigenvalue weighted by atomic mass is 9.97. The largest absolute Gasteiger partial charge is 0.444 e. The van der Waals surface area contributed by atoms with Gasteiger partial charge in [0.25, 0.3) is 0 Å². The average molecular weight is 358 g/mol. The van der Waals surface area contributed by atoms with E-state index in [1.165, 1.54) is 0 Å². The van der Waals surface area contributed by atoms with Gasteiger partial charge < -0.3 is 20.3 Å². The smallest absolute Gasteiger partial charge is 0.410 e. The van der Waals surface area contributed by atoms with Crippen LogP contribution in [0.15, 0.2) is 24.3 Å². The summed E-state index contributed by atoms with van der Waals surface area (Å²) < 4.78 is 5.38. The number of carbonyl (C=O) groups excluding carboxylic acids is 2. The van der Waals surface area contributed by atoms with Crippen LogP contribution in [0.1, 0.15) is 39.2 Å². The Labute approximate surface area is 154 Å². The van der Waals surface area contributed by atoms with E-state index in [-0.39, 0.29) is 12.1 Å². The predicted octanol–water partition coefficient (Wildman–Crippen LogP) is 3.33. The van der Waals surface area contributed by atoms with Crippen molar-refractivity contribution in [2.75, 3.05) is 25.0 Å². The van der Waals surface area contributed by atoms with Crippen molar-refractivity contribution in [1.82, 2.24) is 10.2 Å². The van der Waals surface area contributed by atoms with E-state index in [0.717, 1.165) is 12.8 Å². The van der Waals surface area contributed by atoms with Gasteiger partial charge >= 0.3 is 12.1 Å². The van der Waals surface area contributed by atoms with E-state index in [2.05, 4.69) is 10.6 Å². The molecule has 0 radical (unpaired) electrons. The van der Waals surface area contributed by atoms with E-state index >= 15 is 0 Å². The molecule has 3 amide bonds. The van der Waals surface area contributed by atoms with Gasteiger partial charge in [-0.3, -0.25) is 0 Å². The maximum Gasteiger partial charge on any atom is 0.410 e. The normalized spacial score (nSPS) is 15.1. The fraction of sp³-hybridized carbons (Fsp3) is 0.526. The highest BCUT2D eigenvalue weighted by Gasteiger charge is 2.26. The zero-order valence-corrected chi connectivity index (χ0v) is 15.5. The van der Waals surface area contributed by atoms with Gasteiger partial charge in [0.2, 0.25) is 0 Å². The van der Waals surface area contributed by atoms with Crippen molar-refractivity contribution in [1.29, 1.82) is 5.26 Å². The van der Waals surface area contributed by atoms with E-state index in [4.69, 9.17) is 10.00 Å². The third kappa shape index (κ3) is 6.28. The van der Waals surface area contributed by atoms with Crippen molar-refractivity contribution in [2.24, 2.45) is 5.92 Å². The van der Waals surface area contributed by atoms with Crippen LogP contribution < -0.4 is 10.6 Å². The second kappa shape index (κ2) is 8.56. The lowest BCUT2D eigenvalue weighted by Gasteiger charge is -2.33. The van der Waals surface area contributed by atoms with Crippen molar-refractivity contribution in [3.8, 4) is 6.07 Å². The Morgan fingerprint density at radius 2 is 2.00 bits per heavy atom. The quantitative estimate of drug-likeness (QED) is 0.866. The van der Waals surface area contributed by atoms with Gasteiger partial charge in [-0.15, -0.1) is 0 Å². The molecule has 0 aliphatic carbocycles. The number of amides is 3. The summed E-state index contributed by atoms with van der Waals surface area (Å²) in [5, 5.41) is 14.5. The molecule has 1 saturated heterocycles. The Bertz CT molecular complexity index is 683. The van der Waals surface area contributed by atoms with Gasteiger partial charge in [0, 0.05) is 25.3 Å². The van der Waals surface area contributed by atoms with E-state index < -0.39 is 5.60 Å². The van der Waals surface area contributed by atoms with Crippen LogP contribution in [0.5, 0.6) is 0 Å². The summed E-state index contributed by atoms with van der Waals surface area (Å²) in [6.45, 7) is 7.37. The minimum absolute atomic E-state index is 0.279.